The van der Waals surface area contributed by atoms with E-state index in [4.69, 9.17) is 15.2 Å². The van der Waals surface area contributed by atoms with E-state index >= 15 is 0 Å². The lowest BCUT2D eigenvalue weighted by Gasteiger charge is -2.24. The topological polar surface area (TPSA) is 62.3 Å². The summed E-state index contributed by atoms with van der Waals surface area (Å²) in [5.41, 5.74) is 7.78. The molecule has 0 saturated heterocycles. The third kappa shape index (κ3) is 3.76. The minimum absolute atomic E-state index is 0.147. The molecule has 2 N–H and O–H groups in total. The first kappa shape index (κ1) is 15.4. The summed E-state index contributed by atoms with van der Waals surface area (Å²) in [6.07, 6.45) is 0. The number of benzene rings is 1. The molecular weight excluding hydrogens is 266 g/mol. The lowest BCUT2D eigenvalue weighted by Crippen LogP contribution is -2.27. The maximum Gasteiger partial charge on any atom is 0.145 e. The quantitative estimate of drug-likeness (QED) is 0.887. The summed E-state index contributed by atoms with van der Waals surface area (Å²) < 4.78 is 12.8. The molecule has 1 heterocycles. The van der Waals surface area contributed by atoms with Crippen LogP contribution in [0.3, 0.4) is 0 Å². The molecule has 5 heteroatoms. The Kier molecular flexibility index (Phi) is 4.53. The van der Waals surface area contributed by atoms with Crippen LogP contribution in [0.4, 0.5) is 5.82 Å². The number of aromatic nitrogens is 2. The summed E-state index contributed by atoms with van der Waals surface area (Å²) in [7, 11) is 3.56. The van der Waals surface area contributed by atoms with Crippen molar-refractivity contribution in [2.75, 3.05) is 19.5 Å². The van der Waals surface area contributed by atoms with Gasteiger partial charge in [0.05, 0.1) is 20.3 Å². The molecule has 0 saturated carbocycles. The highest BCUT2D eigenvalue weighted by Gasteiger charge is 2.25. The molecule has 1 aromatic carbocycles. The van der Waals surface area contributed by atoms with Crippen LogP contribution in [0.5, 0.6) is 5.75 Å². The van der Waals surface area contributed by atoms with Crippen LogP contribution in [0, 0.1) is 0 Å². The zero-order valence-corrected chi connectivity index (χ0v) is 13.1. The number of nitrogens with zero attached hydrogens (tertiary/aromatic N) is 2. The normalized spacial score (nSPS) is 11.6. The van der Waals surface area contributed by atoms with Gasteiger partial charge in [-0.1, -0.05) is 26.0 Å². The van der Waals surface area contributed by atoms with Crippen molar-refractivity contribution in [3.8, 4) is 5.75 Å². The Bertz CT molecular complexity index is 588. The van der Waals surface area contributed by atoms with Crippen LogP contribution in [-0.4, -0.2) is 23.5 Å². The van der Waals surface area contributed by atoms with Crippen molar-refractivity contribution in [3.05, 3.63) is 41.6 Å². The summed E-state index contributed by atoms with van der Waals surface area (Å²) in [5.74, 6) is 1.39. The first-order valence-corrected chi connectivity index (χ1v) is 6.93. The Morgan fingerprint density at radius 2 is 1.90 bits per heavy atom. The second kappa shape index (κ2) is 6.18. The van der Waals surface area contributed by atoms with Crippen LogP contribution < -0.4 is 10.5 Å². The Hall–Kier alpha value is -2.01. The molecule has 0 radical (unpaired) electrons. The molecule has 0 aliphatic heterocycles. The van der Waals surface area contributed by atoms with Crippen LogP contribution in [0.2, 0.25) is 0 Å². The molecule has 2 aromatic rings. The monoisotopic (exact) mass is 289 g/mol. The van der Waals surface area contributed by atoms with Gasteiger partial charge in [-0.3, -0.25) is 4.68 Å². The predicted octanol–water partition coefficient (Wildman–Crippen LogP) is 2.51. The van der Waals surface area contributed by atoms with Gasteiger partial charge in [-0.05, 0) is 17.7 Å². The molecule has 2 rings (SSSR count). The lowest BCUT2D eigenvalue weighted by molar-refractivity contribution is 0.0798. The Balaban J connectivity index is 1.93. The number of ether oxygens (including phenoxy) is 2. The number of rotatable bonds is 6. The van der Waals surface area contributed by atoms with Crippen LogP contribution in [0.1, 0.15) is 25.1 Å². The zero-order valence-electron chi connectivity index (χ0n) is 13.1. The van der Waals surface area contributed by atoms with E-state index in [-0.39, 0.29) is 5.41 Å². The molecule has 0 unspecified atom stereocenters. The molecule has 1 aromatic heterocycles. The predicted molar refractivity (Wildman–Crippen MR) is 83.3 cm³/mol. The van der Waals surface area contributed by atoms with Gasteiger partial charge in [0, 0.05) is 24.2 Å². The number of hydrogen-bond donors (Lipinski definition) is 1. The molecule has 114 valence electrons. The third-order valence-corrected chi connectivity index (χ3v) is 3.48. The fourth-order valence-corrected chi connectivity index (χ4v) is 2.34. The average Bonchev–Trinajstić information content (AvgIpc) is 2.79. The van der Waals surface area contributed by atoms with Crippen molar-refractivity contribution >= 4 is 5.82 Å². The van der Waals surface area contributed by atoms with E-state index in [9.17, 15) is 0 Å². The summed E-state index contributed by atoms with van der Waals surface area (Å²) in [6, 6.07) is 9.79. The molecule has 0 fully saturated rings. The number of aryl methyl sites for hydroxylation is 1. The molecule has 0 amide bonds. The fourth-order valence-electron chi connectivity index (χ4n) is 2.34. The van der Waals surface area contributed by atoms with Crippen LogP contribution >= 0.6 is 0 Å². The third-order valence-electron chi connectivity index (χ3n) is 3.48. The van der Waals surface area contributed by atoms with Crippen LogP contribution in [0.25, 0.3) is 0 Å². The fraction of sp³-hybridized carbons (Fsp3) is 0.438. The van der Waals surface area contributed by atoms with Gasteiger partial charge in [-0.25, -0.2) is 0 Å². The average molecular weight is 289 g/mol. The maximum atomic E-state index is 5.85. The van der Waals surface area contributed by atoms with Gasteiger partial charge in [0.2, 0.25) is 0 Å². The van der Waals surface area contributed by atoms with Gasteiger partial charge >= 0.3 is 0 Å². The Morgan fingerprint density at radius 1 is 1.24 bits per heavy atom. The molecule has 0 atom stereocenters. The summed E-state index contributed by atoms with van der Waals surface area (Å²) in [4.78, 5) is 0. The van der Waals surface area contributed by atoms with Crippen molar-refractivity contribution in [1.82, 2.24) is 9.78 Å². The smallest absolute Gasteiger partial charge is 0.145 e. The number of hydrogen-bond acceptors (Lipinski definition) is 4. The minimum Gasteiger partial charge on any atom is -0.497 e. The summed E-state index contributed by atoms with van der Waals surface area (Å²) in [5, 5.41) is 4.19. The van der Waals surface area contributed by atoms with Crippen LogP contribution in [-0.2, 0) is 23.8 Å². The van der Waals surface area contributed by atoms with E-state index in [0.717, 1.165) is 17.0 Å². The second-order valence-electron chi connectivity index (χ2n) is 5.80. The van der Waals surface area contributed by atoms with E-state index in [1.807, 2.05) is 42.1 Å². The van der Waals surface area contributed by atoms with Gasteiger partial charge in [-0.2, -0.15) is 5.10 Å². The van der Waals surface area contributed by atoms with E-state index < -0.39 is 0 Å². The van der Waals surface area contributed by atoms with E-state index in [1.165, 1.54) is 0 Å². The molecule has 0 spiro atoms. The SMILES string of the molecule is COc1ccc(COCC(C)(C)c2cc(N)nn2C)cc1. The largest absolute Gasteiger partial charge is 0.497 e. The van der Waals surface area contributed by atoms with Gasteiger partial charge in [0.15, 0.2) is 0 Å². The van der Waals surface area contributed by atoms with Crippen molar-refractivity contribution in [2.45, 2.75) is 25.9 Å². The Labute approximate surface area is 125 Å². The van der Waals surface area contributed by atoms with E-state index in [0.29, 0.717) is 19.0 Å². The molecule has 0 bridgehead atoms. The second-order valence-corrected chi connectivity index (χ2v) is 5.80. The van der Waals surface area contributed by atoms with Crippen molar-refractivity contribution in [3.63, 3.8) is 0 Å². The minimum atomic E-state index is -0.147. The number of nitrogen functional groups attached to an aromatic ring is 1. The highest BCUT2D eigenvalue weighted by atomic mass is 16.5. The summed E-state index contributed by atoms with van der Waals surface area (Å²) in [6.45, 7) is 5.41. The van der Waals surface area contributed by atoms with Gasteiger partial charge in [-0.15, -0.1) is 0 Å². The number of nitrogens with two attached hydrogens (primary N) is 1. The standard InChI is InChI=1S/C16H23N3O2/c1-16(2,14-9-15(17)18-19(14)3)11-21-10-12-5-7-13(20-4)8-6-12/h5-9H,10-11H2,1-4H3,(H2,17,18). The van der Waals surface area contributed by atoms with Gasteiger partial charge in [0.25, 0.3) is 0 Å². The van der Waals surface area contributed by atoms with Gasteiger partial charge < -0.3 is 15.2 Å². The molecule has 21 heavy (non-hydrogen) atoms. The van der Waals surface area contributed by atoms with Gasteiger partial charge in [0.1, 0.15) is 11.6 Å². The lowest BCUT2D eigenvalue weighted by atomic mass is 9.90. The van der Waals surface area contributed by atoms with E-state index in [2.05, 4.69) is 18.9 Å². The van der Waals surface area contributed by atoms with Crippen LogP contribution in [0.15, 0.2) is 30.3 Å². The highest BCUT2D eigenvalue weighted by molar-refractivity contribution is 5.33. The van der Waals surface area contributed by atoms with Crippen molar-refractivity contribution < 1.29 is 9.47 Å². The first-order chi connectivity index (χ1) is 9.92. The molecular formula is C16H23N3O2. The summed E-state index contributed by atoms with van der Waals surface area (Å²) >= 11 is 0. The van der Waals surface area contributed by atoms with Crippen molar-refractivity contribution in [1.29, 1.82) is 0 Å². The van der Waals surface area contributed by atoms with Crippen molar-refractivity contribution in [2.24, 2.45) is 7.05 Å². The number of anilines is 1. The molecule has 0 aliphatic rings. The molecule has 5 nitrogen and oxygen atoms in total. The maximum absolute atomic E-state index is 5.85. The Morgan fingerprint density at radius 3 is 2.43 bits per heavy atom. The highest BCUT2D eigenvalue weighted by Crippen LogP contribution is 2.25. The zero-order chi connectivity index (χ0) is 15.5. The van der Waals surface area contributed by atoms with E-state index in [1.54, 1.807) is 7.11 Å². The number of methoxy groups -OCH3 is 1. The molecule has 0 aliphatic carbocycles. The first-order valence-electron chi connectivity index (χ1n) is 6.93.